The second-order valence-electron chi connectivity index (χ2n) is 4.27. The number of carbonyl (C=O) groups excluding carboxylic acids is 1. The van der Waals surface area contributed by atoms with Crippen LogP contribution in [0.25, 0.3) is 10.8 Å². The van der Waals surface area contributed by atoms with Gasteiger partial charge in [0.1, 0.15) is 0 Å². The van der Waals surface area contributed by atoms with Crippen LogP contribution in [0.5, 0.6) is 0 Å². The van der Waals surface area contributed by atoms with Crippen molar-refractivity contribution in [2.75, 3.05) is 18.0 Å². The Labute approximate surface area is 100 Å². The average molecular weight is 226 g/mol. The summed E-state index contributed by atoms with van der Waals surface area (Å²) in [5, 5.41) is 5.24. The normalized spacial score (nSPS) is 16.0. The Morgan fingerprint density at radius 3 is 2.71 bits per heavy atom. The van der Waals surface area contributed by atoms with Gasteiger partial charge in [0.05, 0.1) is 0 Å². The van der Waals surface area contributed by atoms with Crippen LogP contribution in [0, 0.1) is 0 Å². The first kappa shape index (κ1) is 10.1. The van der Waals surface area contributed by atoms with E-state index in [-0.39, 0.29) is 6.03 Å². The van der Waals surface area contributed by atoms with Crippen molar-refractivity contribution in [2.24, 2.45) is 0 Å². The smallest absolute Gasteiger partial charge is 0.321 e. The van der Waals surface area contributed by atoms with Crippen molar-refractivity contribution in [2.45, 2.75) is 6.42 Å². The maximum Gasteiger partial charge on any atom is 0.321 e. The number of hydrogen-bond acceptors (Lipinski definition) is 1. The summed E-state index contributed by atoms with van der Waals surface area (Å²) in [6, 6.07) is 14.3. The molecule has 0 aliphatic carbocycles. The van der Waals surface area contributed by atoms with Gasteiger partial charge in [-0.05, 0) is 29.3 Å². The standard InChI is InChI=1S/C14H14N2O/c17-14-15-8-3-9-16(14)13-7-6-11-4-1-2-5-12(11)10-13/h1-2,4-7,10H,3,8-9H2,(H,15,17). The SMILES string of the molecule is O=C1NCCCN1c1ccc2ccccc2c1. The number of urea groups is 1. The third-order valence-electron chi connectivity index (χ3n) is 3.12. The van der Waals surface area contributed by atoms with Gasteiger partial charge in [-0.25, -0.2) is 4.79 Å². The zero-order chi connectivity index (χ0) is 11.7. The fourth-order valence-electron chi connectivity index (χ4n) is 2.22. The van der Waals surface area contributed by atoms with E-state index in [1.165, 1.54) is 10.8 Å². The Morgan fingerprint density at radius 1 is 1.06 bits per heavy atom. The summed E-state index contributed by atoms with van der Waals surface area (Å²) in [5.41, 5.74) is 0.973. The molecule has 0 radical (unpaired) electrons. The molecule has 0 saturated carbocycles. The van der Waals surface area contributed by atoms with Crippen molar-refractivity contribution in [3.05, 3.63) is 42.5 Å². The highest BCUT2D eigenvalue weighted by molar-refractivity contribution is 5.95. The van der Waals surface area contributed by atoms with Crippen LogP contribution in [-0.2, 0) is 0 Å². The van der Waals surface area contributed by atoms with Crippen LogP contribution in [0.2, 0.25) is 0 Å². The molecule has 1 N–H and O–H groups in total. The summed E-state index contributed by atoms with van der Waals surface area (Å²) in [6.07, 6.45) is 0.999. The zero-order valence-corrected chi connectivity index (χ0v) is 9.52. The first-order chi connectivity index (χ1) is 8.34. The monoisotopic (exact) mass is 226 g/mol. The summed E-state index contributed by atoms with van der Waals surface area (Å²) in [5.74, 6) is 0. The molecule has 0 unspecified atom stereocenters. The minimum atomic E-state index is 0.00605. The molecule has 2 amide bonds. The topological polar surface area (TPSA) is 32.3 Å². The Bertz CT molecular complexity index is 565. The number of rotatable bonds is 1. The van der Waals surface area contributed by atoms with Crippen LogP contribution >= 0.6 is 0 Å². The molecule has 17 heavy (non-hydrogen) atoms. The number of nitrogens with zero attached hydrogens (tertiary/aromatic N) is 1. The summed E-state index contributed by atoms with van der Waals surface area (Å²) >= 11 is 0. The van der Waals surface area contributed by atoms with E-state index >= 15 is 0 Å². The maximum atomic E-state index is 11.7. The van der Waals surface area contributed by atoms with E-state index in [2.05, 4.69) is 29.6 Å². The van der Waals surface area contributed by atoms with Gasteiger partial charge in [-0.2, -0.15) is 0 Å². The van der Waals surface area contributed by atoms with E-state index in [0.29, 0.717) is 0 Å². The van der Waals surface area contributed by atoms with Gasteiger partial charge < -0.3 is 5.32 Å². The van der Waals surface area contributed by atoms with E-state index < -0.39 is 0 Å². The van der Waals surface area contributed by atoms with Crippen LogP contribution < -0.4 is 10.2 Å². The first-order valence-electron chi connectivity index (χ1n) is 5.89. The van der Waals surface area contributed by atoms with Gasteiger partial charge in [0, 0.05) is 18.8 Å². The van der Waals surface area contributed by atoms with E-state index in [9.17, 15) is 4.79 Å². The Hall–Kier alpha value is -2.03. The van der Waals surface area contributed by atoms with Crippen LogP contribution in [0.1, 0.15) is 6.42 Å². The molecule has 1 saturated heterocycles. The Kier molecular flexibility index (Phi) is 2.44. The largest absolute Gasteiger partial charge is 0.338 e. The number of carbonyl (C=O) groups is 1. The van der Waals surface area contributed by atoms with E-state index in [0.717, 1.165) is 25.2 Å². The van der Waals surface area contributed by atoms with Crippen molar-refractivity contribution < 1.29 is 4.79 Å². The molecule has 0 atom stereocenters. The van der Waals surface area contributed by atoms with Crippen molar-refractivity contribution in [1.82, 2.24) is 5.32 Å². The van der Waals surface area contributed by atoms with Gasteiger partial charge in [0.25, 0.3) is 0 Å². The first-order valence-corrected chi connectivity index (χ1v) is 5.89. The predicted molar refractivity (Wildman–Crippen MR) is 69.3 cm³/mol. The highest BCUT2D eigenvalue weighted by Crippen LogP contribution is 2.23. The fourth-order valence-corrected chi connectivity index (χ4v) is 2.22. The molecule has 0 aromatic heterocycles. The lowest BCUT2D eigenvalue weighted by molar-refractivity contribution is 0.243. The predicted octanol–water partition coefficient (Wildman–Crippen LogP) is 2.76. The Morgan fingerprint density at radius 2 is 1.88 bits per heavy atom. The van der Waals surface area contributed by atoms with Crippen molar-refractivity contribution in [3.8, 4) is 0 Å². The average Bonchev–Trinajstić information content (AvgIpc) is 2.39. The molecule has 1 aliphatic rings. The number of anilines is 1. The number of benzene rings is 2. The summed E-state index contributed by atoms with van der Waals surface area (Å²) in [4.78, 5) is 13.5. The van der Waals surface area contributed by atoms with Crippen LogP contribution in [0.3, 0.4) is 0 Å². The molecule has 2 aromatic carbocycles. The van der Waals surface area contributed by atoms with E-state index in [4.69, 9.17) is 0 Å². The van der Waals surface area contributed by atoms with E-state index in [1.807, 2.05) is 18.2 Å². The number of fused-ring (bicyclic) bond motifs is 1. The van der Waals surface area contributed by atoms with Gasteiger partial charge in [0.15, 0.2) is 0 Å². The Balaban J connectivity index is 2.02. The molecule has 3 nitrogen and oxygen atoms in total. The van der Waals surface area contributed by atoms with Crippen LogP contribution in [0.4, 0.5) is 10.5 Å². The fraction of sp³-hybridized carbons (Fsp3) is 0.214. The lowest BCUT2D eigenvalue weighted by Crippen LogP contribution is -2.46. The third kappa shape index (κ3) is 1.84. The molecule has 86 valence electrons. The molecule has 1 heterocycles. The molecule has 0 bridgehead atoms. The van der Waals surface area contributed by atoms with Crippen molar-refractivity contribution in [1.29, 1.82) is 0 Å². The maximum absolute atomic E-state index is 11.7. The van der Waals surface area contributed by atoms with Gasteiger partial charge in [-0.15, -0.1) is 0 Å². The molecule has 2 aromatic rings. The summed E-state index contributed by atoms with van der Waals surface area (Å²) in [6.45, 7) is 1.58. The zero-order valence-electron chi connectivity index (χ0n) is 9.52. The van der Waals surface area contributed by atoms with Crippen molar-refractivity contribution in [3.63, 3.8) is 0 Å². The summed E-state index contributed by atoms with van der Waals surface area (Å²) < 4.78 is 0. The molecule has 3 heteroatoms. The van der Waals surface area contributed by atoms with Gasteiger partial charge >= 0.3 is 6.03 Å². The lowest BCUT2D eigenvalue weighted by Gasteiger charge is -2.27. The highest BCUT2D eigenvalue weighted by Gasteiger charge is 2.18. The number of hydrogen-bond donors (Lipinski definition) is 1. The second-order valence-corrected chi connectivity index (χ2v) is 4.27. The minimum Gasteiger partial charge on any atom is -0.338 e. The third-order valence-corrected chi connectivity index (χ3v) is 3.12. The summed E-state index contributed by atoms with van der Waals surface area (Å²) in [7, 11) is 0. The molecule has 1 aliphatic heterocycles. The van der Waals surface area contributed by atoms with E-state index in [1.54, 1.807) is 4.90 Å². The number of nitrogens with one attached hydrogen (secondary N) is 1. The molecule has 3 rings (SSSR count). The van der Waals surface area contributed by atoms with Gasteiger partial charge in [0.2, 0.25) is 0 Å². The minimum absolute atomic E-state index is 0.00605. The molecular formula is C14H14N2O. The van der Waals surface area contributed by atoms with Gasteiger partial charge in [-0.3, -0.25) is 4.90 Å². The second kappa shape index (κ2) is 4.09. The van der Waals surface area contributed by atoms with Crippen molar-refractivity contribution >= 4 is 22.5 Å². The lowest BCUT2D eigenvalue weighted by atomic mass is 10.1. The highest BCUT2D eigenvalue weighted by atomic mass is 16.2. The number of amides is 2. The van der Waals surface area contributed by atoms with Crippen LogP contribution in [-0.4, -0.2) is 19.1 Å². The molecular weight excluding hydrogens is 212 g/mol. The quantitative estimate of drug-likeness (QED) is 0.796. The molecule has 1 fully saturated rings. The van der Waals surface area contributed by atoms with Crippen LogP contribution in [0.15, 0.2) is 42.5 Å². The van der Waals surface area contributed by atoms with Gasteiger partial charge in [-0.1, -0.05) is 30.3 Å². The molecule has 0 spiro atoms.